The SMILES string of the molecule is Cc1nn(C2=[N+](C(C)C)C3C(=O)N(CCN4CCOCC4)C(=O)N(C)C3=N2)c(C)c1C. The molecule has 10 nitrogen and oxygen atoms in total. The Balaban J connectivity index is 1.68. The predicted molar refractivity (Wildman–Crippen MR) is 116 cm³/mol. The Bertz CT molecular complexity index is 972. The number of carbonyl (C=O) groups excluding carboxylic acids is 2. The van der Waals surface area contributed by atoms with Gasteiger partial charge in [-0.3, -0.25) is 19.5 Å². The zero-order chi connectivity index (χ0) is 22.4. The molecule has 2 saturated heterocycles. The number of imide groups is 1. The number of aromatic nitrogens is 2. The van der Waals surface area contributed by atoms with E-state index in [2.05, 4.69) is 10.00 Å². The van der Waals surface area contributed by atoms with Crippen LogP contribution in [0.3, 0.4) is 0 Å². The van der Waals surface area contributed by atoms with Crippen LogP contribution in [-0.2, 0) is 9.53 Å². The van der Waals surface area contributed by atoms with Crippen LogP contribution in [-0.4, -0.2) is 111 Å². The number of urea groups is 1. The molecule has 3 amide bonds. The summed E-state index contributed by atoms with van der Waals surface area (Å²) in [4.78, 5) is 36.5. The molecule has 1 unspecified atom stereocenters. The highest BCUT2D eigenvalue weighted by atomic mass is 16.5. The van der Waals surface area contributed by atoms with E-state index in [1.807, 2.05) is 39.2 Å². The molecule has 1 aromatic heterocycles. The van der Waals surface area contributed by atoms with Crippen LogP contribution in [0.1, 0.15) is 30.8 Å². The fourth-order valence-electron chi connectivity index (χ4n) is 4.34. The molecule has 4 rings (SSSR count). The van der Waals surface area contributed by atoms with Gasteiger partial charge in [0.05, 0.1) is 24.9 Å². The third-order valence-corrected chi connectivity index (χ3v) is 6.47. The Hall–Kier alpha value is -2.59. The molecule has 10 heteroatoms. The standard InChI is InChI=1S/C21H32N7O3/c1-13(2)27-17-18(22-20(27)28-16(5)14(3)15(4)23-28)24(6)21(30)26(19(17)29)8-7-25-9-11-31-12-10-25/h13,17H,7-12H2,1-6H3/q+1. The Morgan fingerprint density at radius 2 is 1.81 bits per heavy atom. The maximum atomic E-state index is 13.6. The number of fused-ring (bicyclic) bond motifs is 1. The predicted octanol–water partition coefficient (Wildman–Crippen LogP) is 0.440. The molecular formula is C21H32N7O3+. The minimum atomic E-state index is -0.633. The summed E-state index contributed by atoms with van der Waals surface area (Å²) in [6, 6.07) is -0.966. The van der Waals surface area contributed by atoms with E-state index in [0.717, 1.165) is 30.0 Å². The monoisotopic (exact) mass is 430 g/mol. The quantitative estimate of drug-likeness (QED) is 0.647. The third-order valence-electron chi connectivity index (χ3n) is 6.47. The number of morpholine rings is 1. The summed E-state index contributed by atoms with van der Waals surface area (Å²) in [6.45, 7) is 14.0. The molecular weight excluding hydrogens is 398 g/mol. The van der Waals surface area contributed by atoms with Crippen LogP contribution in [0.5, 0.6) is 0 Å². The fourth-order valence-corrected chi connectivity index (χ4v) is 4.34. The van der Waals surface area contributed by atoms with Crippen molar-refractivity contribution in [3.63, 3.8) is 0 Å². The highest BCUT2D eigenvalue weighted by Crippen LogP contribution is 2.23. The Morgan fingerprint density at radius 3 is 2.39 bits per heavy atom. The van der Waals surface area contributed by atoms with Crippen molar-refractivity contribution in [2.24, 2.45) is 4.99 Å². The molecule has 0 N–H and O–H groups in total. The number of amides is 3. The van der Waals surface area contributed by atoms with Crippen molar-refractivity contribution in [2.45, 2.75) is 46.7 Å². The minimum absolute atomic E-state index is 0.00268. The van der Waals surface area contributed by atoms with E-state index < -0.39 is 6.04 Å². The molecule has 3 aliphatic heterocycles. The van der Waals surface area contributed by atoms with Gasteiger partial charge in [-0.15, -0.1) is 9.78 Å². The van der Waals surface area contributed by atoms with Crippen molar-refractivity contribution in [3.05, 3.63) is 17.0 Å². The first-order valence-electron chi connectivity index (χ1n) is 10.9. The van der Waals surface area contributed by atoms with Gasteiger partial charge in [0.25, 0.3) is 5.91 Å². The zero-order valence-electron chi connectivity index (χ0n) is 19.3. The van der Waals surface area contributed by atoms with E-state index in [1.165, 1.54) is 9.80 Å². The number of aliphatic imine (C=N–C) groups is 1. The third kappa shape index (κ3) is 3.57. The highest BCUT2D eigenvalue weighted by molar-refractivity contribution is 6.23. The van der Waals surface area contributed by atoms with Crippen LogP contribution in [0, 0.1) is 20.8 Å². The van der Waals surface area contributed by atoms with Gasteiger partial charge in [-0.2, -0.15) is 0 Å². The number of rotatable bonds is 4. The van der Waals surface area contributed by atoms with Crippen LogP contribution in [0.15, 0.2) is 4.99 Å². The maximum Gasteiger partial charge on any atom is 0.421 e. The van der Waals surface area contributed by atoms with Crippen molar-refractivity contribution in [2.75, 3.05) is 46.4 Å². The normalized spacial score (nSPS) is 22.7. The molecule has 0 aliphatic carbocycles. The first-order valence-corrected chi connectivity index (χ1v) is 10.9. The lowest BCUT2D eigenvalue weighted by Crippen LogP contribution is -2.64. The molecule has 2 fully saturated rings. The molecule has 3 aliphatic rings. The van der Waals surface area contributed by atoms with E-state index >= 15 is 0 Å². The summed E-state index contributed by atoms with van der Waals surface area (Å²) < 4.78 is 9.16. The minimum Gasteiger partial charge on any atom is -0.379 e. The molecule has 168 valence electrons. The van der Waals surface area contributed by atoms with E-state index in [-0.39, 0.29) is 18.0 Å². The van der Waals surface area contributed by atoms with Gasteiger partial charge in [0.15, 0.2) is 0 Å². The van der Waals surface area contributed by atoms with Gasteiger partial charge in [-0.25, -0.2) is 9.37 Å². The molecule has 0 bridgehead atoms. The van der Waals surface area contributed by atoms with Gasteiger partial charge in [0.2, 0.25) is 11.9 Å². The average Bonchev–Trinajstić information content (AvgIpc) is 3.27. The number of amidine groups is 1. The second-order valence-corrected chi connectivity index (χ2v) is 8.67. The van der Waals surface area contributed by atoms with E-state index in [1.54, 1.807) is 11.7 Å². The maximum absolute atomic E-state index is 13.6. The molecule has 1 atom stereocenters. The second kappa shape index (κ2) is 8.16. The van der Waals surface area contributed by atoms with Crippen LogP contribution >= 0.6 is 0 Å². The Kier molecular flexibility index (Phi) is 5.69. The Labute approximate surface area is 182 Å². The molecule has 0 saturated carbocycles. The molecule has 0 aromatic carbocycles. The van der Waals surface area contributed by atoms with Gasteiger partial charge >= 0.3 is 12.0 Å². The van der Waals surface area contributed by atoms with Crippen LogP contribution in [0.2, 0.25) is 0 Å². The van der Waals surface area contributed by atoms with Crippen LogP contribution < -0.4 is 0 Å². The smallest absolute Gasteiger partial charge is 0.379 e. The zero-order valence-corrected chi connectivity index (χ0v) is 19.3. The summed E-state index contributed by atoms with van der Waals surface area (Å²) in [6.07, 6.45) is 0. The van der Waals surface area contributed by atoms with Crippen LogP contribution in [0.25, 0.3) is 0 Å². The topological polar surface area (TPSA) is 86.3 Å². The summed E-state index contributed by atoms with van der Waals surface area (Å²) in [5, 5.41) is 4.65. The summed E-state index contributed by atoms with van der Waals surface area (Å²) in [5.74, 6) is 0.829. The number of hydrogen-bond donors (Lipinski definition) is 0. The number of ether oxygens (including phenoxy) is 1. The van der Waals surface area contributed by atoms with E-state index in [9.17, 15) is 9.59 Å². The Morgan fingerprint density at radius 1 is 1.13 bits per heavy atom. The molecule has 4 heterocycles. The van der Waals surface area contributed by atoms with E-state index in [4.69, 9.17) is 9.73 Å². The molecule has 1 aromatic rings. The molecule has 0 spiro atoms. The molecule has 31 heavy (non-hydrogen) atoms. The lowest BCUT2D eigenvalue weighted by Gasteiger charge is -2.36. The van der Waals surface area contributed by atoms with Gasteiger partial charge in [-0.05, 0) is 34.6 Å². The lowest BCUT2D eigenvalue weighted by molar-refractivity contribution is -0.567. The first-order chi connectivity index (χ1) is 14.7. The van der Waals surface area contributed by atoms with Crippen molar-refractivity contribution < 1.29 is 18.9 Å². The average molecular weight is 431 g/mol. The van der Waals surface area contributed by atoms with E-state index in [0.29, 0.717) is 38.1 Å². The summed E-state index contributed by atoms with van der Waals surface area (Å²) >= 11 is 0. The van der Waals surface area contributed by atoms with Crippen molar-refractivity contribution in [1.29, 1.82) is 0 Å². The number of carbonyl (C=O) groups is 2. The molecule has 0 radical (unpaired) electrons. The number of nitrogens with zero attached hydrogens (tertiary/aromatic N) is 7. The van der Waals surface area contributed by atoms with Crippen molar-refractivity contribution in [3.8, 4) is 0 Å². The number of hydrogen-bond acceptors (Lipinski definition) is 6. The van der Waals surface area contributed by atoms with Gasteiger partial charge < -0.3 is 4.74 Å². The lowest BCUT2D eigenvalue weighted by atomic mass is 10.1. The summed E-state index contributed by atoms with van der Waals surface area (Å²) in [7, 11) is 1.69. The number of aryl methyl sites for hydroxylation is 1. The van der Waals surface area contributed by atoms with Gasteiger partial charge in [-0.1, -0.05) is 4.99 Å². The van der Waals surface area contributed by atoms with Gasteiger partial charge in [0.1, 0.15) is 5.69 Å². The van der Waals surface area contributed by atoms with Crippen molar-refractivity contribution >= 4 is 23.7 Å². The first kappa shape index (κ1) is 21.6. The number of likely N-dealkylation sites (N-methyl/N-ethyl adjacent to an activating group) is 1. The second-order valence-electron chi connectivity index (χ2n) is 8.67. The van der Waals surface area contributed by atoms with Gasteiger partial charge in [0, 0.05) is 38.8 Å². The van der Waals surface area contributed by atoms with Crippen molar-refractivity contribution in [1.82, 2.24) is 24.5 Å². The van der Waals surface area contributed by atoms with Crippen LogP contribution in [0.4, 0.5) is 4.79 Å². The largest absolute Gasteiger partial charge is 0.421 e. The highest BCUT2D eigenvalue weighted by Gasteiger charge is 2.53. The summed E-state index contributed by atoms with van der Waals surface area (Å²) in [5.41, 5.74) is 2.99. The fraction of sp³-hybridized carbons (Fsp3) is 0.667.